The molecule has 2 aliphatic rings. The standard InChI is InChI=1S/C10H18/c1-8-6-7-10(8)9-4-2-3-5-9/h8-10H,2-7H2,1H3/t8-,10?/m0/s1. The fourth-order valence-corrected chi connectivity index (χ4v) is 2.78. The summed E-state index contributed by atoms with van der Waals surface area (Å²) in [7, 11) is 0. The average Bonchev–Trinajstić information content (AvgIpc) is 2.37. The molecule has 0 aromatic carbocycles. The van der Waals surface area contributed by atoms with Crippen LogP contribution in [0.25, 0.3) is 0 Å². The van der Waals surface area contributed by atoms with E-state index in [1.807, 2.05) is 0 Å². The second-order valence-electron chi connectivity index (χ2n) is 4.26. The van der Waals surface area contributed by atoms with E-state index in [4.69, 9.17) is 0 Å². The smallest absolute Gasteiger partial charge is 0.0360 e. The fourth-order valence-electron chi connectivity index (χ4n) is 2.78. The molecule has 0 aliphatic heterocycles. The quantitative estimate of drug-likeness (QED) is 0.522. The number of hydrogen-bond acceptors (Lipinski definition) is 0. The third-order valence-corrected chi connectivity index (χ3v) is 3.69. The van der Waals surface area contributed by atoms with Crippen LogP contribution in [0.2, 0.25) is 0 Å². The SMILES string of the molecule is C[C@H]1CCC1C1CCCC1. The maximum Gasteiger partial charge on any atom is -0.0360 e. The molecule has 0 radical (unpaired) electrons. The summed E-state index contributed by atoms with van der Waals surface area (Å²) in [6.45, 7) is 2.44. The Kier molecular flexibility index (Phi) is 1.71. The van der Waals surface area contributed by atoms with Gasteiger partial charge in [-0.05, 0) is 24.2 Å². The van der Waals surface area contributed by atoms with Crippen LogP contribution in [0.5, 0.6) is 0 Å². The maximum atomic E-state index is 2.44. The molecule has 2 atom stereocenters. The van der Waals surface area contributed by atoms with Crippen molar-refractivity contribution in [3.05, 3.63) is 0 Å². The zero-order chi connectivity index (χ0) is 6.97. The van der Waals surface area contributed by atoms with Crippen molar-refractivity contribution in [1.29, 1.82) is 0 Å². The molecule has 0 amide bonds. The zero-order valence-corrected chi connectivity index (χ0v) is 6.97. The number of hydrogen-bond donors (Lipinski definition) is 0. The summed E-state index contributed by atoms with van der Waals surface area (Å²) in [5.41, 5.74) is 0. The second-order valence-corrected chi connectivity index (χ2v) is 4.26. The van der Waals surface area contributed by atoms with E-state index in [0.717, 1.165) is 17.8 Å². The first-order chi connectivity index (χ1) is 4.88. The minimum atomic E-state index is 1.07. The van der Waals surface area contributed by atoms with Crippen molar-refractivity contribution in [3.8, 4) is 0 Å². The predicted octanol–water partition coefficient (Wildman–Crippen LogP) is 3.22. The van der Waals surface area contributed by atoms with E-state index in [0.29, 0.717) is 0 Å². The Morgan fingerprint density at radius 2 is 1.60 bits per heavy atom. The van der Waals surface area contributed by atoms with Gasteiger partial charge in [-0.2, -0.15) is 0 Å². The highest BCUT2D eigenvalue weighted by atomic mass is 14.4. The van der Waals surface area contributed by atoms with Gasteiger partial charge in [0.1, 0.15) is 0 Å². The highest BCUT2D eigenvalue weighted by Crippen LogP contribution is 2.45. The van der Waals surface area contributed by atoms with E-state index in [2.05, 4.69) is 6.92 Å². The van der Waals surface area contributed by atoms with Gasteiger partial charge in [-0.15, -0.1) is 0 Å². The topological polar surface area (TPSA) is 0 Å². The molecule has 2 fully saturated rings. The van der Waals surface area contributed by atoms with Crippen LogP contribution in [0.1, 0.15) is 45.4 Å². The summed E-state index contributed by atoms with van der Waals surface area (Å²) in [5.74, 6) is 3.36. The summed E-state index contributed by atoms with van der Waals surface area (Å²) in [6.07, 6.45) is 9.21. The Balaban J connectivity index is 1.86. The molecular formula is C10H18. The van der Waals surface area contributed by atoms with Crippen LogP contribution in [-0.2, 0) is 0 Å². The van der Waals surface area contributed by atoms with Gasteiger partial charge in [0.05, 0.1) is 0 Å². The largest absolute Gasteiger partial charge is 0.0622 e. The lowest BCUT2D eigenvalue weighted by molar-refractivity contribution is 0.122. The molecule has 2 aliphatic carbocycles. The van der Waals surface area contributed by atoms with E-state index in [1.54, 1.807) is 19.3 Å². The normalized spacial score (nSPS) is 41.7. The van der Waals surface area contributed by atoms with Gasteiger partial charge in [-0.25, -0.2) is 0 Å². The lowest BCUT2D eigenvalue weighted by Gasteiger charge is -2.38. The van der Waals surface area contributed by atoms with Crippen LogP contribution in [-0.4, -0.2) is 0 Å². The molecule has 10 heavy (non-hydrogen) atoms. The lowest BCUT2D eigenvalue weighted by atomic mass is 9.67. The first kappa shape index (κ1) is 6.69. The molecule has 2 rings (SSSR count). The van der Waals surface area contributed by atoms with Crippen LogP contribution >= 0.6 is 0 Å². The fraction of sp³-hybridized carbons (Fsp3) is 1.00. The molecule has 0 spiro atoms. The zero-order valence-electron chi connectivity index (χ0n) is 6.97. The van der Waals surface area contributed by atoms with Gasteiger partial charge in [0, 0.05) is 0 Å². The van der Waals surface area contributed by atoms with Crippen LogP contribution in [0.15, 0.2) is 0 Å². The van der Waals surface area contributed by atoms with Crippen molar-refractivity contribution in [3.63, 3.8) is 0 Å². The van der Waals surface area contributed by atoms with E-state index in [1.165, 1.54) is 19.3 Å². The van der Waals surface area contributed by atoms with E-state index >= 15 is 0 Å². The Morgan fingerprint density at radius 1 is 0.900 bits per heavy atom. The first-order valence-corrected chi connectivity index (χ1v) is 4.88. The minimum absolute atomic E-state index is 1.07. The molecule has 0 aromatic rings. The monoisotopic (exact) mass is 138 g/mol. The molecule has 0 saturated heterocycles. The van der Waals surface area contributed by atoms with Crippen molar-refractivity contribution in [2.24, 2.45) is 17.8 Å². The van der Waals surface area contributed by atoms with Gasteiger partial charge < -0.3 is 0 Å². The summed E-state index contributed by atoms with van der Waals surface area (Å²) >= 11 is 0. The van der Waals surface area contributed by atoms with E-state index < -0.39 is 0 Å². The third-order valence-electron chi connectivity index (χ3n) is 3.69. The highest BCUT2D eigenvalue weighted by Gasteiger charge is 2.34. The second kappa shape index (κ2) is 2.56. The Labute approximate surface area is 64.0 Å². The Hall–Kier alpha value is 0. The van der Waals surface area contributed by atoms with Crippen molar-refractivity contribution in [2.75, 3.05) is 0 Å². The number of rotatable bonds is 1. The highest BCUT2D eigenvalue weighted by molar-refractivity contribution is 4.85. The molecule has 58 valence electrons. The molecule has 0 aromatic heterocycles. The molecule has 1 unspecified atom stereocenters. The first-order valence-electron chi connectivity index (χ1n) is 4.88. The minimum Gasteiger partial charge on any atom is -0.0622 e. The van der Waals surface area contributed by atoms with Gasteiger partial charge >= 0.3 is 0 Å². The van der Waals surface area contributed by atoms with Gasteiger partial charge in [-0.3, -0.25) is 0 Å². The van der Waals surface area contributed by atoms with Gasteiger partial charge in [-0.1, -0.05) is 39.0 Å². The summed E-state index contributed by atoms with van der Waals surface area (Å²) in [4.78, 5) is 0. The van der Waals surface area contributed by atoms with Gasteiger partial charge in [0.15, 0.2) is 0 Å². The van der Waals surface area contributed by atoms with Crippen molar-refractivity contribution < 1.29 is 0 Å². The lowest BCUT2D eigenvalue weighted by Crippen LogP contribution is -2.28. The Bertz CT molecular complexity index is 111. The molecule has 0 heterocycles. The van der Waals surface area contributed by atoms with Gasteiger partial charge in [0.25, 0.3) is 0 Å². The molecular weight excluding hydrogens is 120 g/mol. The summed E-state index contributed by atoms with van der Waals surface area (Å²) < 4.78 is 0. The van der Waals surface area contributed by atoms with Crippen LogP contribution in [0, 0.1) is 17.8 Å². The average molecular weight is 138 g/mol. The summed E-state index contributed by atoms with van der Waals surface area (Å²) in [5, 5.41) is 0. The van der Waals surface area contributed by atoms with Crippen LogP contribution in [0.3, 0.4) is 0 Å². The maximum absolute atomic E-state index is 2.44. The molecule has 0 bridgehead atoms. The van der Waals surface area contributed by atoms with E-state index in [-0.39, 0.29) is 0 Å². The Morgan fingerprint density at radius 3 is 2.00 bits per heavy atom. The van der Waals surface area contributed by atoms with Crippen LogP contribution in [0.4, 0.5) is 0 Å². The van der Waals surface area contributed by atoms with Crippen molar-refractivity contribution in [2.45, 2.75) is 45.4 Å². The van der Waals surface area contributed by atoms with Crippen molar-refractivity contribution in [1.82, 2.24) is 0 Å². The summed E-state index contributed by atoms with van der Waals surface area (Å²) in [6, 6.07) is 0. The molecule has 0 heteroatoms. The van der Waals surface area contributed by atoms with Gasteiger partial charge in [0.2, 0.25) is 0 Å². The van der Waals surface area contributed by atoms with Crippen molar-refractivity contribution >= 4 is 0 Å². The predicted molar refractivity (Wildman–Crippen MR) is 43.8 cm³/mol. The van der Waals surface area contributed by atoms with E-state index in [9.17, 15) is 0 Å². The van der Waals surface area contributed by atoms with Crippen LogP contribution < -0.4 is 0 Å². The third kappa shape index (κ3) is 0.980. The molecule has 2 saturated carbocycles. The molecule has 0 nitrogen and oxygen atoms in total. The molecule has 0 N–H and O–H groups in total.